The zero-order valence-corrected chi connectivity index (χ0v) is 16.3. The maximum Gasteiger partial charge on any atom is 0.226 e. The number of nitrogens with one attached hydrogen (secondary N) is 1. The van der Waals surface area contributed by atoms with Crippen LogP contribution in [0.25, 0.3) is 10.9 Å². The van der Waals surface area contributed by atoms with Crippen molar-refractivity contribution in [1.82, 2.24) is 9.88 Å². The lowest BCUT2D eigenvalue weighted by Gasteiger charge is -2.21. The van der Waals surface area contributed by atoms with Gasteiger partial charge in [-0.05, 0) is 49.9 Å². The van der Waals surface area contributed by atoms with E-state index >= 15 is 0 Å². The molecule has 2 fully saturated rings. The number of pyridine rings is 1. The third kappa shape index (κ3) is 4.11. The molecule has 0 spiro atoms. The number of rotatable bonds is 5. The van der Waals surface area contributed by atoms with Gasteiger partial charge in [-0.15, -0.1) is 0 Å². The topological polar surface area (TPSA) is 65.5 Å². The third-order valence-corrected chi connectivity index (χ3v) is 5.75. The molecule has 1 aromatic heterocycles. The lowest BCUT2D eigenvalue weighted by Crippen LogP contribution is -2.33. The van der Waals surface area contributed by atoms with E-state index in [1.54, 1.807) is 6.20 Å². The van der Waals surface area contributed by atoms with Crippen molar-refractivity contribution in [3.05, 3.63) is 30.5 Å². The summed E-state index contributed by atoms with van der Waals surface area (Å²) in [5.74, 6) is 0.117. The third-order valence-electron chi connectivity index (χ3n) is 5.75. The number of aromatic nitrogens is 1. The van der Waals surface area contributed by atoms with Crippen molar-refractivity contribution in [3.63, 3.8) is 0 Å². The lowest BCUT2D eigenvalue weighted by molar-refractivity contribution is -0.131. The molecule has 0 unspecified atom stereocenters. The first-order valence-electron chi connectivity index (χ1n) is 10.4. The Morgan fingerprint density at radius 2 is 1.86 bits per heavy atom. The Balaban J connectivity index is 1.46. The minimum Gasteiger partial charge on any atom is -0.370 e. The van der Waals surface area contributed by atoms with Gasteiger partial charge < -0.3 is 15.1 Å². The van der Waals surface area contributed by atoms with E-state index in [0.717, 1.165) is 61.2 Å². The second-order valence-corrected chi connectivity index (χ2v) is 7.72. The number of anilines is 2. The van der Waals surface area contributed by atoms with Gasteiger partial charge in [0.1, 0.15) is 0 Å². The summed E-state index contributed by atoms with van der Waals surface area (Å²) in [6.45, 7) is 3.37. The molecule has 1 aromatic carbocycles. The van der Waals surface area contributed by atoms with Gasteiger partial charge in [-0.3, -0.25) is 14.6 Å². The minimum atomic E-state index is -0.0591. The summed E-state index contributed by atoms with van der Waals surface area (Å²) >= 11 is 0. The number of carbonyl (C=O) groups excluding carboxylic acids is 2. The number of nitrogens with zero attached hydrogens (tertiary/aromatic N) is 3. The Labute approximate surface area is 165 Å². The maximum atomic E-state index is 12.6. The first-order chi connectivity index (χ1) is 13.7. The van der Waals surface area contributed by atoms with E-state index < -0.39 is 0 Å². The molecule has 0 bridgehead atoms. The van der Waals surface area contributed by atoms with Crippen molar-refractivity contribution in [1.29, 1.82) is 0 Å². The average Bonchev–Trinajstić information content (AvgIpc) is 3.16. The Kier molecular flexibility index (Phi) is 5.74. The lowest BCUT2D eigenvalue weighted by atomic mass is 10.1. The maximum absolute atomic E-state index is 12.6. The molecule has 2 aliphatic rings. The van der Waals surface area contributed by atoms with Crippen LogP contribution in [0.4, 0.5) is 11.4 Å². The van der Waals surface area contributed by atoms with E-state index in [1.807, 2.05) is 23.1 Å². The largest absolute Gasteiger partial charge is 0.370 e. The molecule has 1 N–H and O–H groups in total. The molecule has 4 rings (SSSR count). The van der Waals surface area contributed by atoms with Gasteiger partial charge in [-0.2, -0.15) is 0 Å². The van der Waals surface area contributed by atoms with Crippen LogP contribution in [0.5, 0.6) is 0 Å². The Bertz CT molecular complexity index is 861. The van der Waals surface area contributed by atoms with Crippen molar-refractivity contribution >= 4 is 34.1 Å². The summed E-state index contributed by atoms with van der Waals surface area (Å²) in [6.07, 6.45) is 8.24. The minimum absolute atomic E-state index is 0.0591. The molecule has 0 aliphatic carbocycles. The predicted octanol–water partition coefficient (Wildman–Crippen LogP) is 3.57. The number of fused-ring (bicyclic) bond motifs is 1. The summed E-state index contributed by atoms with van der Waals surface area (Å²) in [5, 5.41) is 4.00. The van der Waals surface area contributed by atoms with Crippen molar-refractivity contribution in [2.45, 2.75) is 44.9 Å². The second kappa shape index (κ2) is 8.59. The monoisotopic (exact) mass is 380 g/mol. The van der Waals surface area contributed by atoms with Crippen LogP contribution >= 0.6 is 0 Å². The fourth-order valence-corrected chi connectivity index (χ4v) is 4.20. The van der Waals surface area contributed by atoms with Crippen LogP contribution in [0.3, 0.4) is 0 Å². The first kappa shape index (κ1) is 18.7. The SMILES string of the molecule is O=C(CCN1CCCCCC1=O)Nc1ccc(N2CCCC2)c2ncccc12. The van der Waals surface area contributed by atoms with Gasteiger partial charge in [0, 0.05) is 50.6 Å². The van der Waals surface area contributed by atoms with Gasteiger partial charge >= 0.3 is 0 Å². The van der Waals surface area contributed by atoms with Crippen molar-refractivity contribution in [3.8, 4) is 0 Å². The van der Waals surface area contributed by atoms with Gasteiger partial charge in [0.15, 0.2) is 0 Å². The molecule has 2 saturated heterocycles. The number of amides is 2. The normalized spacial score (nSPS) is 17.8. The Morgan fingerprint density at radius 3 is 2.71 bits per heavy atom. The molecule has 28 heavy (non-hydrogen) atoms. The molecule has 3 heterocycles. The van der Waals surface area contributed by atoms with Gasteiger partial charge in [0.2, 0.25) is 11.8 Å². The Morgan fingerprint density at radius 1 is 1.04 bits per heavy atom. The van der Waals surface area contributed by atoms with E-state index in [-0.39, 0.29) is 11.8 Å². The van der Waals surface area contributed by atoms with Crippen LogP contribution in [0.1, 0.15) is 44.9 Å². The highest BCUT2D eigenvalue weighted by Crippen LogP contribution is 2.32. The molecule has 0 radical (unpaired) electrons. The molecule has 148 valence electrons. The van der Waals surface area contributed by atoms with Crippen LogP contribution < -0.4 is 10.2 Å². The van der Waals surface area contributed by atoms with Gasteiger partial charge in [0.25, 0.3) is 0 Å². The highest BCUT2D eigenvalue weighted by atomic mass is 16.2. The fraction of sp³-hybridized carbons (Fsp3) is 0.500. The molecule has 0 saturated carbocycles. The first-order valence-corrected chi connectivity index (χ1v) is 10.4. The molecule has 0 atom stereocenters. The quantitative estimate of drug-likeness (QED) is 0.861. The van der Waals surface area contributed by atoms with Crippen molar-refractivity contribution in [2.24, 2.45) is 0 Å². The van der Waals surface area contributed by atoms with Crippen LogP contribution in [0.2, 0.25) is 0 Å². The van der Waals surface area contributed by atoms with Crippen LogP contribution in [0.15, 0.2) is 30.5 Å². The van der Waals surface area contributed by atoms with Crippen LogP contribution in [0, 0.1) is 0 Å². The number of carbonyl (C=O) groups is 2. The summed E-state index contributed by atoms with van der Waals surface area (Å²) in [4.78, 5) is 33.4. The number of likely N-dealkylation sites (tertiary alicyclic amines) is 1. The molecular formula is C22H28N4O2. The summed E-state index contributed by atoms with van der Waals surface area (Å²) < 4.78 is 0. The summed E-state index contributed by atoms with van der Waals surface area (Å²) in [5.41, 5.74) is 2.87. The smallest absolute Gasteiger partial charge is 0.226 e. The van der Waals surface area contributed by atoms with Crippen LogP contribution in [-0.2, 0) is 9.59 Å². The van der Waals surface area contributed by atoms with Gasteiger partial charge in [0.05, 0.1) is 16.9 Å². The fourth-order valence-electron chi connectivity index (χ4n) is 4.20. The van der Waals surface area contributed by atoms with E-state index in [0.29, 0.717) is 19.4 Å². The molecule has 6 heteroatoms. The van der Waals surface area contributed by atoms with E-state index in [2.05, 4.69) is 21.3 Å². The number of hydrogen-bond acceptors (Lipinski definition) is 4. The molecule has 2 aromatic rings. The highest BCUT2D eigenvalue weighted by molar-refractivity contribution is 6.05. The van der Waals surface area contributed by atoms with E-state index in [9.17, 15) is 9.59 Å². The molecule has 6 nitrogen and oxygen atoms in total. The van der Waals surface area contributed by atoms with Crippen LogP contribution in [-0.4, -0.2) is 47.9 Å². The Hall–Kier alpha value is -2.63. The van der Waals surface area contributed by atoms with Crippen molar-refractivity contribution in [2.75, 3.05) is 36.4 Å². The number of benzene rings is 1. The molecule has 2 aliphatic heterocycles. The summed E-state index contributed by atoms with van der Waals surface area (Å²) in [6, 6.07) is 7.96. The van der Waals surface area contributed by atoms with E-state index in [4.69, 9.17) is 0 Å². The molecular weight excluding hydrogens is 352 g/mol. The number of hydrogen-bond donors (Lipinski definition) is 1. The van der Waals surface area contributed by atoms with Crippen molar-refractivity contribution < 1.29 is 9.59 Å². The van der Waals surface area contributed by atoms with Gasteiger partial charge in [-0.1, -0.05) is 6.42 Å². The predicted molar refractivity (Wildman–Crippen MR) is 111 cm³/mol. The zero-order valence-electron chi connectivity index (χ0n) is 16.3. The zero-order chi connectivity index (χ0) is 19.3. The van der Waals surface area contributed by atoms with Gasteiger partial charge in [-0.25, -0.2) is 0 Å². The average molecular weight is 380 g/mol. The highest BCUT2D eigenvalue weighted by Gasteiger charge is 2.19. The molecule has 2 amide bonds. The summed E-state index contributed by atoms with van der Waals surface area (Å²) in [7, 11) is 0. The van der Waals surface area contributed by atoms with E-state index in [1.165, 1.54) is 12.8 Å². The standard InChI is InChI=1S/C22H28N4O2/c27-20(11-16-26-15-3-1-2-8-21(26)28)24-18-9-10-19(25-13-4-5-14-25)22-17(18)7-6-12-23-22/h6-7,9-10,12H,1-5,8,11,13-16H2,(H,24,27). The second-order valence-electron chi connectivity index (χ2n) is 7.72.